The molecule has 5 rings (SSSR count). The molecule has 0 aromatic heterocycles. The second-order valence-electron chi connectivity index (χ2n) is 12.2. The van der Waals surface area contributed by atoms with E-state index in [2.05, 4.69) is 24.5 Å². The lowest BCUT2D eigenvalue weighted by molar-refractivity contribution is -0.142. The minimum atomic E-state index is -1.15. The van der Waals surface area contributed by atoms with Gasteiger partial charge in [-0.3, -0.25) is 14.4 Å². The van der Waals surface area contributed by atoms with Crippen molar-refractivity contribution in [2.45, 2.75) is 90.2 Å². The second-order valence-corrected chi connectivity index (χ2v) is 12.2. The summed E-state index contributed by atoms with van der Waals surface area (Å²) in [6, 6.07) is 6.82. The first-order chi connectivity index (χ1) is 18.6. The highest BCUT2D eigenvalue weighted by atomic mass is 16.5. The van der Waals surface area contributed by atoms with Crippen molar-refractivity contribution in [3.05, 3.63) is 42.0 Å². The maximum absolute atomic E-state index is 14.1. The van der Waals surface area contributed by atoms with Crippen LogP contribution in [0.2, 0.25) is 0 Å². The molecule has 2 saturated heterocycles. The van der Waals surface area contributed by atoms with Crippen molar-refractivity contribution < 1.29 is 23.9 Å². The summed E-state index contributed by atoms with van der Waals surface area (Å²) in [5, 5.41) is 6.30. The van der Waals surface area contributed by atoms with E-state index >= 15 is 0 Å². The van der Waals surface area contributed by atoms with Crippen LogP contribution in [0.15, 0.2) is 36.4 Å². The number of nitrogens with one attached hydrogen (secondary N) is 2. The molecule has 3 amide bonds. The average Bonchev–Trinajstić information content (AvgIpc) is 3.52. The van der Waals surface area contributed by atoms with Gasteiger partial charge >= 0.3 is 0 Å². The van der Waals surface area contributed by atoms with Gasteiger partial charge in [0, 0.05) is 24.9 Å². The molecule has 8 heteroatoms. The second kappa shape index (κ2) is 11.0. The van der Waals surface area contributed by atoms with E-state index in [1.54, 1.807) is 4.90 Å². The first kappa shape index (κ1) is 27.8. The Morgan fingerprint density at radius 2 is 2.00 bits per heavy atom. The van der Waals surface area contributed by atoms with Crippen LogP contribution >= 0.6 is 0 Å². The Kier molecular flexibility index (Phi) is 7.89. The van der Waals surface area contributed by atoms with E-state index in [0.717, 1.165) is 24.8 Å². The van der Waals surface area contributed by atoms with Gasteiger partial charge in [-0.2, -0.15) is 0 Å². The van der Waals surface area contributed by atoms with Crippen molar-refractivity contribution in [2.24, 2.45) is 23.7 Å². The summed E-state index contributed by atoms with van der Waals surface area (Å²) in [5.41, 5.74) is 0.565. The van der Waals surface area contributed by atoms with Gasteiger partial charge in [-0.15, -0.1) is 0 Å². The fraction of sp³-hybridized carbons (Fsp3) is 0.645. The Bertz CT molecular complexity index is 1130. The van der Waals surface area contributed by atoms with E-state index in [4.69, 9.17) is 9.47 Å². The number of anilines is 1. The van der Waals surface area contributed by atoms with Crippen LogP contribution in [0.25, 0.3) is 0 Å². The van der Waals surface area contributed by atoms with E-state index in [1.807, 2.05) is 57.2 Å². The summed E-state index contributed by atoms with van der Waals surface area (Å²) in [6.45, 7) is 11.2. The van der Waals surface area contributed by atoms with Gasteiger partial charge < -0.3 is 25.0 Å². The quantitative estimate of drug-likeness (QED) is 0.369. The Morgan fingerprint density at radius 3 is 2.74 bits per heavy atom. The highest BCUT2D eigenvalue weighted by Gasteiger charge is 2.72. The van der Waals surface area contributed by atoms with Gasteiger partial charge in [0.05, 0.1) is 24.0 Å². The number of carbonyl (C=O) groups excluding carboxylic acids is 3. The van der Waals surface area contributed by atoms with Gasteiger partial charge in [0.25, 0.3) is 0 Å². The van der Waals surface area contributed by atoms with Crippen molar-refractivity contribution in [3.8, 4) is 0 Å². The molecule has 8 atom stereocenters. The fourth-order valence-corrected chi connectivity index (χ4v) is 7.06. The van der Waals surface area contributed by atoms with E-state index < -0.39 is 29.6 Å². The van der Waals surface area contributed by atoms with Crippen molar-refractivity contribution >= 4 is 23.4 Å². The normalized spacial score (nSPS) is 35.0. The number of likely N-dealkylation sites (tertiary alicyclic amines) is 1. The van der Waals surface area contributed by atoms with Crippen LogP contribution in [0.1, 0.15) is 58.9 Å². The molecule has 212 valence electrons. The minimum absolute atomic E-state index is 0.0564. The number of carbonyl (C=O) groups is 3. The third-order valence-electron chi connectivity index (χ3n) is 9.24. The van der Waals surface area contributed by atoms with Crippen LogP contribution in [0, 0.1) is 30.6 Å². The molecule has 2 N–H and O–H groups in total. The Labute approximate surface area is 231 Å². The van der Waals surface area contributed by atoms with E-state index in [-0.39, 0.29) is 29.9 Å². The number of amides is 3. The molecule has 6 unspecified atom stereocenters. The molecular weight excluding hydrogens is 494 g/mol. The van der Waals surface area contributed by atoms with Gasteiger partial charge in [-0.25, -0.2) is 0 Å². The Hall–Kier alpha value is -2.71. The van der Waals surface area contributed by atoms with Gasteiger partial charge in [0.15, 0.2) is 0 Å². The first-order valence-corrected chi connectivity index (χ1v) is 14.6. The monoisotopic (exact) mass is 537 g/mol. The third kappa shape index (κ3) is 5.13. The third-order valence-corrected chi connectivity index (χ3v) is 9.24. The van der Waals surface area contributed by atoms with Gasteiger partial charge in [0.2, 0.25) is 17.7 Å². The zero-order valence-electron chi connectivity index (χ0n) is 23.8. The summed E-state index contributed by atoms with van der Waals surface area (Å²) >= 11 is 0. The molecule has 1 aromatic rings. The molecular formula is C31H43N3O5. The predicted octanol–water partition coefficient (Wildman–Crippen LogP) is 3.84. The molecule has 4 aliphatic rings. The topological polar surface area (TPSA) is 97.0 Å². The largest absolute Gasteiger partial charge is 0.379 e. The highest BCUT2D eigenvalue weighted by molar-refractivity contribution is 6.02. The summed E-state index contributed by atoms with van der Waals surface area (Å²) in [5.74, 6) is -1.21. The molecule has 1 saturated carbocycles. The van der Waals surface area contributed by atoms with Gasteiger partial charge in [-0.05, 0) is 63.1 Å². The average molecular weight is 538 g/mol. The molecule has 2 bridgehead atoms. The van der Waals surface area contributed by atoms with Crippen LogP contribution in [0.3, 0.4) is 0 Å². The molecule has 1 spiro atoms. The minimum Gasteiger partial charge on any atom is -0.379 e. The Morgan fingerprint density at radius 1 is 1.21 bits per heavy atom. The molecule has 1 aromatic carbocycles. The number of ether oxygens (including phenoxy) is 2. The lowest BCUT2D eigenvalue weighted by atomic mass is 9.73. The molecule has 3 fully saturated rings. The van der Waals surface area contributed by atoms with E-state index in [0.29, 0.717) is 37.1 Å². The zero-order valence-corrected chi connectivity index (χ0v) is 23.8. The summed E-state index contributed by atoms with van der Waals surface area (Å²) < 4.78 is 12.2. The highest BCUT2D eigenvalue weighted by Crippen LogP contribution is 2.55. The number of rotatable bonds is 9. The van der Waals surface area contributed by atoms with Crippen LogP contribution < -0.4 is 10.6 Å². The number of nitrogens with zero attached hydrogens (tertiary/aromatic N) is 1. The molecule has 3 aliphatic heterocycles. The van der Waals surface area contributed by atoms with E-state index in [9.17, 15) is 14.4 Å². The number of fused-ring (bicyclic) bond motifs is 1. The van der Waals surface area contributed by atoms with Crippen LogP contribution in [0.4, 0.5) is 5.69 Å². The first-order valence-electron chi connectivity index (χ1n) is 14.6. The summed E-state index contributed by atoms with van der Waals surface area (Å²) in [6.07, 6.45) is 7.04. The number of aryl methyl sites for hydroxylation is 1. The lowest BCUT2D eigenvalue weighted by Gasteiger charge is -2.38. The SMILES string of the molecule is Cc1cccc(NC(=O)C2[C@H]3C=CC4(O3)C(C(=O)NC3CCCC(C)C3C)N(CCCOC(C)C)C(=O)[C@@H]24)c1. The van der Waals surface area contributed by atoms with Crippen LogP contribution in [-0.4, -0.2) is 65.7 Å². The molecule has 39 heavy (non-hydrogen) atoms. The lowest BCUT2D eigenvalue weighted by Crippen LogP contribution is -2.58. The Balaban J connectivity index is 1.41. The summed E-state index contributed by atoms with van der Waals surface area (Å²) in [7, 11) is 0. The maximum Gasteiger partial charge on any atom is 0.246 e. The van der Waals surface area contributed by atoms with Gasteiger partial charge in [0.1, 0.15) is 11.6 Å². The molecule has 8 nitrogen and oxygen atoms in total. The van der Waals surface area contributed by atoms with E-state index in [1.165, 1.54) is 0 Å². The van der Waals surface area contributed by atoms with Crippen LogP contribution in [0.5, 0.6) is 0 Å². The maximum atomic E-state index is 14.1. The predicted molar refractivity (Wildman–Crippen MR) is 149 cm³/mol. The van der Waals surface area contributed by atoms with Gasteiger partial charge in [-0.1, -0.05) is 51.0 Å². The molecule has 0 radical (unpaired) electrons. The van der Waals surface area contributed by atoms with Crippen molar-refractivity contribution in [1.82, 2.24) is 10.2 Å². The molecule has 3 heterocycles. The van der Waals surface area contributed by atoms with Crippen LogP contribution in [-0.2, 0) is 23.9 Å². The summed E-state index contributed by atoms with van der Waals surface area (Å²) in [4.78, 5) is 43.3. The fourth-order valence-electron chi connectivity index (χ4n) is 7.06. The number of benzene rings is 1. The van der Waals surface area contributed by atoms with Crippen molar-refractivity contribution in [1.29, 1.82) is 0 Å². The zero-order chi connectivity index (χ0) is 27.9. The van der Waals surface area contributed by atoms with Crippen molar-refractivity contribution in [3.63, 3.8) is 0 Å². The molecule has 1 aliphatic carbocycles. The standard InChI is InChI=1S/C31H43N3O5/c1-18(2)38-16-8-15-34-27(29(36)33-23-12-7-10-20(4)21(23)5)31-14-13-24(39-31)25(26(31)30(34)37)28(35)32-22-11-6-9-19(3)17-22/h6,9,11,13-14,17-18,20-21,23-27H,7-8,10,12,15-16H2,1-5H3,(H,32,35)(H,33,36)/t20?,21?,23?,24-,25?,26-,27?,31?/m1/s1. The number of hydrogen-bond acceptors (Lipinski definition) is 5. The smallest absolute Gasteiger partial charge is 0.246 e. The number of hydrogen-bond donors (Lipinski definition) is 2. The van der Waals surface area contributed by atoms with Crippen molar-refractivity contribution in [2.75, 3.05) is 18.5 Å².